The summed E-state index contributed by atoms with van der Waals surface area (Å²) in [6.45, 7) is 15.7. The van der Waals surface area contributed by atoms with Gasteiger partial charge >= 0.3 is 9.05 Å². The molecule has 0 aliphatic heterocycles. The van der Waals surface area contributed by atoms with Crippen molar-refractivity contribution in [2.75, 3.05) is 0 Å². The van der Waals surface area contributed by atoms with Crippen molar-refractivity contribution in [3.63, 3.8) is 0 Å². The van der Waals surface area contributed by atoms with E-state index in [2.05, 4.69) is 0 Å². The van der Waals surface area contributed by atoms with Gasteiger partial charge in [0.05, 0.1) is 0 Å². The number of hydrogen-bond acceptors (Lipinski definition) is 4. The molecule has 0 radical (unpaired) electrons. The maximum atomic E-state index is 5.84. The van der Waals surface area contributed by atoms with E-state index in [-0.39, 0.29) is 24.4 Å². The second kappa shape index (κ2) is 7.48. The van der Waals surface area contributed by atoms with E-state index in [1.165, 1.54) is 0 Å². The molecule has 0 unspecified atom stereocenters. The van der Waals surface area contributed by atoms with E-state index in [9.17, 15) is 0 Å². The first-order chi connectivity index (χ1) is 7.67. The van der Waals surface area contributed by atoms with Crippen LogP contribution in [0.4, 0.5) is 0 Å². The van der Waals surface area contributed by atoms with Crippen molar-refractivity contribution in [1.29, 1.82) is 0 Å². The molecule has 0 rings (SSSR count). The third kappa shape index (κ3) is 7.89. The third-order valence-electron chi connectivity index (χ3n) is 1.52. The van der Waals surface area contributed by atoms with Gasteiger partial charge in [-0.25, -0.2) is 0 Å². The molecule has 0 aromatic heterocycles. The first-order valence-corrected chi connectivity index (χ1v) is 8.01. The minimum atomic E-state index is -3.05. The fraction of sp³-hybridized carbons (Fsp3) is 1.00. The summed E-state index contributed by atoms with van der Waals surface area (Å²) in [5.41, 5.74) is 0. The van der Waals surface area contributed by atoms with Crippen LogP contribution in [0.2, 0.25) is 0 Å². The zero-order valence-electron chi connectivity index (χ0n) is 12.4. The minimum absolute atomic E-state index is 0.0120. The Balaban J connectivity index is 4.89. The lowest BCUT2D eigenvalue weighted by Gasteiger charge is -2.33. The molecule has 0 atom stereocenters. The highest BCUT2D eigenvalue weighted by Gasteiger charge is 2.49. The molecular weight excluding hydrogens is 236 g/mol. The Morgan fingerprint density at radius 2 is 0.647 bits per heavy atom. The Kier molecular flexibility index (Phi) is 7.51. The first-order valence-electron chi connectivity index (χ1n) is 6.38. The van der Waals surface area contributed by atoms with Crippen LogP contribution in [0.15, 0.2) is 0 Å². The van der Waals surface area contributed by atoms with Crippen LogP contribution in [0, 0.1) is 0 Å². The standard InChI is InChI=1S/C12H28O4Si/c1-9(2)13-17(14-10(3)4,15-11(5)6)16-12(7)8/h9-12H,1-8H3. The lowest BCUT2D eigenvalue weighted by Crippen LogP contribution is -2.54. The lowest BCUT2D eigenvalue weighted by atomic mass is 10.5. The second-order valence-electron chi connectivity index (χ2n) is 5.17. The van der Waals surface area contributed by atoms with Crippen molar-refractivity contribution in [2.45, 2.75) is 79.8 Å². The predicted octanol–water partition coefficient (Wildman–Crippen LogP) is 3.12. The van der Waals surface area contributed by atoms with Gasteiger partial charge in [-0.2, -0.15) is 0 Å². The van der Waals surface area contributed by atoms with Crippen molar-refractivity contribution in [3.05, 3.63) is 0 Å². The molecule has 0 N–H and O–H groups in total. The zero-order chi connectivity index (χ0) is 13.6. The van der Waals surface area contributed by atoms with E-state index in [0.717, 1.165) is 0 Å². The van der Waals surface area contributed by atoms with Gasteiger partial charge < -0.3 is 17.7 Å². The molecule has 0 amide bonds. The Labute approximate surface area is 107 Å². The molecule has 0 saturated carbocycles. The van der Waals surface area contributed by atoms with Crippen LogP contribution in [-0.4, -0.2) is 33.5 Å². The number of hydrogen-bond donors (Lipinski definition) is 0. The normalized spacial score (nSPS) is 13.4. The van der Waals surface area contributed by atoms with E-state index in [1.54, 1.807) is 0 Å². The predicted molar refractivity (Wildman–Crippen MR) is 70.6 cm³/mol. The lowest BCUT2D eigenvalue weighted by molar-refractivity contribution is -0.0858. The van der Waals surface area contributed by atoms with E-state index >= 15 is 0 Å². The summed E-state index contributed by atoms with van der Waals surface area (Å²) in [5, 5.41) is 0. The highest BCUT2D eigenvalue weighted by Crippen LogP contribution is 2.20. The average molecular weight is 264 g/mol. The van der Waals surface area contributed by atoms with Gasteiger partial charge in [-0.05, 0) is 55.4 Å². The first kappa shape index (κ1) is 17.1. The molecule has 5 heteroatoms. The van der Waals surface area contributed by atoms with E-state index in [0.29, 0.717) is 0 Å². The molecule has 0 saturated heterocycles. The SMILES string of the molecule is CC(C)O[Si](OC(C)C)(OC(C)C)OC(C)C. The van der Waals surface area contributed by atoms with Gasteiger partial charge in [0.15, 0.2) is 0 Å². The van der Waals surface area contributed by atoms with Gasteiger partial charge in [0, 0.05) is 24.4 Å². The quantitative estimate of drug-likeness (QED) is 0.631. The summed E-state index contributed by atoms with van der Waals surface area (Å²) in [7, 11) is -3.05. The van der Waals surface area contributed by atoms with Gasteiger partial charge in [0.2, 0.25) is 0 Å². The zero-order valence-corrected chi connectivity index (χ0v) is 13.4. The highest BCUT2D eigenvalue weighted by atomic mass is 28.4. The molecule has 104 valence electrons. The topological polar surface area (TPSA) is 36.9 Å². The van der Waals surface area contributed by atoms with E-state index in [1.807, 2.05) is 55.4 Å². The van der Waals surface area contributed by atoms with Crippen LogP contribution in [0.1, 0.15) is 55.4 Å². The highest BCUT2D eigenvalue weighted by molar-refractivity contribution is 6.53. The summed E-state index contributed by atoms with van der Waals surface area (Å²) in [6, 6.07) is 0. The Morgan fingerprint density at radius 3 is 0.765 bits per heavy atom. The summed E-state index contributed by atoms with van der Waals surface area (Å²) in [6.07, 6.45) is 0.0478. The number of rotatable bonds is 8. The molecule has 0 heterocycles. The maximum absolute atomic E-state index is 5.84. The molecule has 17 heavy (non-hydrogen) atoms. The molecule has 4 nitrogen and oxygen atoms in total. The van der Waals surface area contributed by atoms with Gasteiger partial charge in [-0.3, -0.25) is 0 Å². The summed E-state index contributed by atoms with van der Waals surface area (Å²) in [5.74, 6) is 0. The van der Waals surface area contributed by atoms with Crippen molar-refractivity contribution < 1.29 is 17.7 Å². The van der Waals surface area contributed by atoms with Crippen LogP contribution < -0.4 is 0 Å². The molecular formula is C12H28O4Si. The van der Waals surface area contributed by atoms with Crippen LogP contribution in [0.25, 0.3) is 0 Å². The average Bonchev–Trinajstić information content (AvgIpc) is 1.95. The van der Waals surface area contributed by atoms with Crippen LogP contribution in [0.5, 0.6) is 0 Å². The molecule has 0 aliphatic rings. The van der Waals surface area contributed by atoms with Gasteiger partial charge in [-0.1, -0.05) is 0 Å². The van der Waals surface area contributed by atoms with Gasteiger partial charge in [-0.15, -0.1) is 0 Å². The van der Waals surface area contributed by atoms with E-state index in [4.69, 9.17) is 17.7 Å². The summed E-state index contributed by atoms with van der Waals surface area (Å²) in [4.78, 5) is 0. The van der Waals surface area contributed by atoms with Crippen molar-refractivity contribution in [1.82, 2.24) is 0 Å². The van der Waals surface area contributed by atoms with Crippen LogP contribution in [0.3, 0.4) is 0 Å². The Hall–Kier alpha value is 0.0569. The fourth-order valence-corrected chi connectivity index (χ4v) is 3.96. The molecule has 0 fully saturated rings. The van der Waals surface area contributed by atoms with Gasteiger partial charge in [0.25, 0.3) is 0 Å². The minimum Gasteiger partial charge on any atom is -0.349 e. The smallest absolute Gasteiger partial charge is 0.349 e. The molecule has 0 aromatic rings. The van der Waals surface area contributed by atoms with E-state index < -0.39 is 9.05 Å². The van der Waals surface area contributed by atoms with Crippen LogP contribution >= 0.6 is 0 Å². The monoisotopic (exact) mass is 264 g/mol. The Bertz CT molecular complexity index is 159. The Morgan fingerprint density at radius 1 is 0.471 bits per heavy atom. The van der Waals surface area contributed by atoms with Crippen molar-refractivity contribution in [3.8, 4) is 0 Å². The second-order valence-corrected chi connectivity index (χ2v) is 7.11. The summed E-state index contributed by atoms with van der Waals surface area (Å²) >= 11 is 0. The fourth-order valence-electron chi connectivity index (χ4n) is 1.32. The van der Waals surface area contributed by atoms with Gasteiger partial charge in [0.1, 0.15) is 0 Å². The van der Waals surface area contributed by atoms with Crippen molar-refractivity contribution in [2.24, 2.45) is 0 Å². The van der Waals surface area contributed by atoms with Crippen LogP contribution in [-0.2, 0) is 17.7 Å². The molecule has 0 aromatic carbocycles. The molecule has 0 aliphatic carbocycles. The largest absolute Gasteiger partial charge is 0.680 e. The molecule has 0 bridgehead atoms. The molecule has 0 spiro atoms. The third-order valence-corrected chi connectivity index (χ3v) is 4.56. The maximum Gasteiger partial charge on any atom is 0.680 e. The van der Waals surface area contributed by atoms with Crippen molar-refractivity contribution >= 4 is 9.05 Å². The summed E-state index contributed by atoms with van der Waals surface area (Å²) < 4.78 is 23.4.